The van der Waals surface area contributed by atoms with E-state index in [4.69, 9.17) is 5.11 Å². The minimum Gasteiger partial charge on any atom is -0.481 e. The van der Waals surface area contributed by atoms with Gasteiger partial charge in [0.15, 0.2) is 0 Å². The lowest BCUT2D eigenvalue weighted by Gasteiger charge is -1.80. The summed E-state index contributed by atoms with van der Waals surface area (Å²) in [6, 6.07) is 0. The van der Waals surface area contributed by atoms with Gasteiger partial charge in [-0.3, -0.25) is 9.59 Å². The van der Waals surface area contributed by atoms with Crippen LogP contribution < -0.4 is 0 Å². The average Bonchev–Trinajstić information content (AvgIpc) is 1.27. The largest absolute Gasteiger partial charge is 0.481 e. The number of carbonyl (C=O) groups excluding carboxylic acids is 1. The number of Topliss-reactive ketones (excluding diaryl/α,β-unsaturated/α-hetero) is 1. The van der Waals surface area contributed by atoms with Gasteiger partial charge < -0.3 is 5.11 Å². The van der Waals surface area contributed by atoms with Crippen LogP contribution in [0.3, 0.4) is 0 Å². The first kappa shape index (κ1) is 6.14. The molecule has 0 amide bonds. The fraction of sp³-hybridized carbons (Fsp3) is 0.500. The second-order valence-corrected chi connectivity index (χ2v) is 1.27. The van der Waals surface area contributed by atoms with E-state index in [2.05, 4.69) is 0 Å². The Morgan fingerprint density at radius 1 is 1.57 bits per heavy atom. The van der Waals surface area contributed by atoms with E-state index < -0.39 is 5.97 Å². The molecule has 0 fully saturated rings. The van der Waals surface area contributed by atoms with Crippen molar-refractivity contribution in [2.24, 2.45) is 0 Å². The highest BCUT2D eigenvalue weighted by Gasteiger charge is 1.98. The minimum atomic E-state index is -1.06. The second kappa shape index (κ2) is 2.34. The van der Waals surface area contributed by atoms with E-state index in [1.165, 1.54) is 6.92 Å². The van der Waals surface area contributed by atoms with Crippen LogP contribution in [0.15, 0.2) is 0 Å². The van der Waals surface area contributed by atoms with Crippen molar-refractivity contribution in [1.29, 1.82) is 0 Å². The molecule has 0 heterocycles. The lowest BCUT2D eigenvalue weighted by Crippen LogP contribution is -2.00. The summed E-state index contributed by atoms with van der Waals surface area (Å²) in [6.07, 6.45) is -0.361. The summed E-state index contributed by atoms with van der Waals surface area (Å²) in [5, 5.41) is 7.86. The molecule has 0 aliphatic heterocycles. The van der Waals surface area contributed by atoms with Crippen molar-refractivity contribution in [2.45, 2.75) is 13.3 Å². The normalized spacial score (nSPS) is 8.14. The van der Waals surface area contributed by atoms with Gasteiger partial charge in [-0.1, -0.05) is 0 Å². The molecule has 7 heavy (non-hydrogen) atoms. The summed E-state index contributed by atoms with van der Waals surface area (Å²) >= 11 is 0. The maximum absolute atomic E-state index is 9.87. The Kier molecular flexibility index (Phi) is 2.05. The molecule has 0 spiro atoms. The van der Waals surface area contributed by atoms with E-state index in [9.17, 15) is 9.59 Å². The van der Waals surface area contributed by atoms with Crippen molar-refractivity contribution in [2.75, 3.05) is 0 Å². The van der Waals surface area contributed by atoms with Crippen molar-refractivity contribution in [3.05, 3.63) is 0 Å². The van der Waals surface area contributed by atoms with Crippen LogP contribution in [-0.2, 0) is 9.59 Å². The highest BCUT2D eigenvalue weighted by atomic mass is 16.5. The van der Waals surface area contributed by atoms with Crippen LogP contribution in [0.4, 0.5) is 0 Å². The van der Waals surface area contributed by atoms with Gasteiger partial charge >= 0.3 is 5.97 Å². The predicted molar refractivity (Wildman–Crippen MR) is 22.9 cm³/mol. The third-order valence-electron chi connectivity index (χ3n) is 0.400. The van der Waals surface area contributed by atoms with E-state index in [1.807, 2.05) is 0 Å². The monoisotopic (exact) mass is 104 g/mol. The van der Waals surface area contributed by atoms with Gasteiger partial charge in [0.2, 0.25) is 0 Å². The van der Waals surface area contributed by atoms with Gasteiger partial charge in [-0.2, -0.15) is 0 Å². The standard InChI is InChI=1S/C4H6O3/c1-3(5)2-4(6)7/h2H2,1H3,(H,6,7)/i3+1,4+1. The number of aliphatic carboxylic acids is 1. The molecule has 0 atom stereocenters. The summed E-state index contributed by atoms with van der Waals surface area (Å²) in [4.78, 5) is 19.5. The smallest absolute Gasteiger partial charge is 0.310 e. The van der Waals surface area contributed by atoms with Gasteiger partial charge in [-0.25, -0.2) is 0 Å². The van der Waals surface area contributed by atoms with Gasteiger partial charge in [-0.05, 0) is 6.92 Å². The zero-order valence-corrected chi connectivity index (χ0v) is 3.97. The Hall–Kier alpha value is -0.860. The topological polar surface area (TPSA) is 54.4 Å². The Bertz CT molecular complexity index is 83.1. The van der Waals surface area contributed by atoms with E-state index in [0.29, 0.717) is 0 Å². The van der Waals surface area contributed by atoms with E-state index >= 15 is 0 Å². The molecule has 1 N–H and O–H groups in total. The zero-order valence-electron chi connectivity index (χ0n) is 3.97. The van der Waals surface area contributed by atoms with Crippen molar-refractivity contribution in [3.63, 3.8) is 0 Å². The summed E-state index contributed by atoms with van der Waals surface area (Å²) in [5.41, 5.74) is 0. The minimum absolute atomic E-state index is 0.312. The predicted octanol–water partition coefficient (Wildman–Crippen LogP) is 0.0501. The molecule has 0 aliphatic rings. The summed E-state index contributed by atoms with van der Waals surface area (Å²) in [6.45, 7) is 1.24. The van der Waals surface area contributed by atoms with Crippen molar-refractivity contribution in [1.82, 2.24) is 0 Å². The number of carbonyl (C=O) groups is 2. The van der Waals surface area contributed by atoms with Crippen LogP contribution >= 0.6 is 0 Å². The van der Waals surface area contributed by atoms with E-state index in [1.54, 1.807) is 0 Å². The van der Waals surface area contributed by atoms with Crippen LogP contribution in [0.2, 0.25) is 0 Å². The Morgan fingerprint density at radius 2 is 2.00 bits per heavy atom. The van der Waals surface area contributed by atoms with Gasteiger partial charge in [0, 0.05) is 0 Å². The molecule has 0 saturated heterocycles. The maximum Gasteiger partial charge on any atom is 0.310 e. The summed E-state index contributed by atoms with van der Waals surface area (Å²) in [5.74, 6) is -1.37. The summed E-state index contributed by atoms with van der Waals surface area (Å²) < 4.78 is 0. The molecular formula is C4H6O3. The molecule has 0 bridgehead atoms. The third kappa shape index (κ3) is 5.14. The fourth-order valence-electron chi connectivity index (χ4n) is 0.213. The van der Waals surface area contributed by atoms with Crippen LogP contribution in [0.5, 0.6) is 0 Å². The number of carboxylic acid groups (broad SMARTS) is 1. The molecule has 0 aliphatic carbocycles. The van der Waals surface area contributed by atoms with E-state index in [-0.39, 0.29) is 12.2 Å². The number of rotatable bonds is 2. The first-order valence-electron chi connectivity index (χ1n) is 1.84. The van der Waals surface area contributed by atoms with Gasteiger partial charge in [0.25, 0.3) is 0 Å². The molecule has 0 rings (SSSR count). The molecule has 40 valence electrons. The number of carboxylic acids is 1. The van der Waals surface area contributed by atoms with Gasteiger partial charge in [-0.15, -0.1) is 0 Å². The van der Waals surface area contributed by atoms with Gasteiger partial charge in [0.1, 0.15) is 12.2 Å². The first-order valence-corrected chi connectivity index (χ1v) is 1.84. The third-order valence-corrected chi connectivity index (χ3v) is 0.400. The fourth-order valence-corrected chi connectivity index (χ4v) is 0.213. The Morgan fingerprint density at radius 3 is 2.00 bits per heavy atom. The van der Waals surface area contributed by atoms with Gasteiger partial charge in [0.05, 0.1) is 0 Å². The van der Waals surface area contributed by atoms with Crippen molar-refractivity contribution in [3.8, 4) is 0 Å². The average molecular weight is 104 g/mol. The summed E-state index contributed by atoms with van der Waals surface area (Å²) in [7, 11) is 0. The number of hydrogen-bond acceptors (Lipinski definition) is 2. The van der Waals surface area contributed by atoms with Crippen LogP contribution in [0, 0.1) is 0 Å². The molecular weight excluding hydrogens is 98.0 g/mol. The van der Waals surface area contributed by atoms with Crippen molar-refractivity contribution >= 4 is 11.8 Å². The quantitative estimate of drug-likeness (QED) is 0.397. The van der Waals surface area contributed by atoms with Crippen LogP contribution in [0.25, 0.3) is 0 Å². The highest BCUT2D eigenvalue weighted by Crippen LogP contribution is 1.77. The Labute approximate surface area is 41.0 Å². The molecule has 0 aromatic heterocycles. The molecule has 0 aromatic carbocycles. The number of hydrogen-bond donors (Lipinski definition) is 1. The second-order valence-electron chi connectivity index (χ2n) is 1.27. The first-order chi connectivity index (χ1) is 3.13. The Balaban J connectivity index is 3.32. The molecule has 3 nitrogen and oxygen atoms in total. The van der Waals surface area contributed by atoms with Crippen molar-refractivity contribution < 1.29 is 14.7 Å². The highest BCUT2D eigenvalue weighted by molar-refractivity contribution is 5.93. The molecule has 3 heteroatoms. The molecule has 0 radical (unpaired) electrons. The number of ketones is 1. The molecule has 0 saturated carbocycles. The SMILES string of the molecule is C[13C](=O)C[13C](=O)O. The van der Waals surface area contributed by atoms with Crippen LogP contribution in [0.1, 0.15) is 13.3 Å². The molecule has 0 aromatic rings. The molecule has 0 unspecified atom stereocenters. The van der Waals surface area contributed by atoms with Crippen LogP contribution in [-0.4, -0.2) is 16.9 Å². The lowest BCUT2D eigenvalue weighted by atomic mass is 10.8. The maximum atomic E-state index is 9.87. The zero-order chi connectivity index (χ0) is 5.86. The lowest BCUT2D eigenvalue weighted by molar-refractivity contribution is -0.139. The van der Waals surface area contributed by atoms with E-state index in [0.717, 1.165) is 0 Å².